The van der Waals surface area contributed by atoms with Crippen molar-refractivity contribution < 1.29 is 9.53 Å². The van der Waals surface area contributed by atoms with E-state index < -0.39 is 0 Å². The quantitative estimate of drug-likeness (QED) is 0.741. The summed E-state index contributed by atoms with van der Waals surface area (Å²) in [6, 6.07) is 17.4. The zero-order valence-electron chi connectivity index (χ0n) is 12.3. The van der Waals surface area contributed by atoms with Gasteiger partial charge < -0.3 is 4.74 Å². The van der Waals surface area contributed by atoms with Crippen molar-refractivity contribution in [2.75, 3.05) is 0 Å². The number of carbonyl (C=O) groups is 1. The molecule has 0 aromatic heterocycles. The minimum Gasteiger partial charge on any atom is -0.426 e. The largest absolute Gasteiger partial charge is 0.426 e. The summed E-state index contributed by atoms with van der Waals surface area (Å²) < 4.78 is 5.55. The second-order valence-electron chi connectivity index (χ2n) is 5.41. The molecule has 2 aromatic carbocycles. The van der Waals surface area contributed by atoms with Crippen LogP contribution in [0.3, 0.4) is 0 Å². The monoisotopic (exact) mass is 312 g/mol. The van der Waals surface area contributed by atoms with E-state index in [1.807, 2.05) is 67.6 Å². The van der Waals surface area contributed by atoms with E-state index in [0.717, 1.165) is 17.5 Å². The number of ether oxygens (including phenoxy) is 1. The highest BCUT2D eigenvalue weighted by atomic mass is 35.5. The number of esters is 1. The summed E-state index contributed by atoms with van der Waals surface area (Å²) in [5, 5.41) is 0.697. The highest BCUT2D eigenvalue weighted by molar-refractivity contribution is 6.30. The van der Waals surface area contributed by atoms with Crippen LogP contribution >= 0.6 is 11.6 Å². The van der Waals surface area contributed by atoms with E-state index in [0.29, 0.717) is 10.8 Å². The first-order valence-corrected chi connectivity index (χ1v) is 7.81. The Labute approximate surface area is 135 Å². The number of rotatable bonds is 3. The van der Waals surface area contributed by atoms with Gasteiger partial charge in [-0.15, -0.1) is 0 Å². The first-order chi connectivity index (χ1) is 10.7. The van der Waals surface area contributed by atoms with E-state index in [1.54, 1.807) is 0 Å². The number of halogens is 1. The van der Waals surface area contributed by atoms with E-state index in [2.05, 4.69) is 0 Å². The molecule has 1 aliphatic heterocycles. The molecule has 22 heavy (non-hydrogen) atoms. The van der Waals surface area contributed by atoms with Crippen molar-refractivity contribution in [1.82, 2.24) is 0 Å². The van der Waals surface area contributed by atoms with Crippen LogP contribution in [0.25, 0.3) is 5.76 Å². The van der Waals surface area contributed by atoms with Gasteiger partial charge in [0.25, 0.3) is 0 Å². The summed E-state index contributed by atoms with van der Waals surface area (Å²) in [6.07, 6.45) is 2.79. The molecule has 3 heteroatoms. The van der Waals surface area contributed by atoms with Crippen molar-refractivity contribution in [3.8, 4) is 0 Å². The van der Waals surface area contributed by atoms with Gasteiger partial charge >= 0.3 is 5.97 Å². The van der Waals surface area contributed by atoms with Crippen LogP contribution in [-0.4, -0.2) is 5.97 Å². The van der Waals surface area contributed by atoms with Crippen molar-refractivity contribution in [1.29, 1.82) is 0 Å². The summed E-state index contributed by atoms with van der Waals surface area (Å²) >= 11 is 5.97. The molecule has 0 aliphatic carbocycles. The molecule has 0 radical (unpaired) electrons. The molecule has 0 amide bonds. The molecule has 0 N–H and O–H groups in total. The second-order valence-corrected chi connectivity index (χ2v) is 5.85. The van der Waals surface area contributed by atoms with Gasteiger partial charge in [0.05, 0.1) is 5.92 Å². The average molecular weight is 313 g/mol. The molecule has 0 fully saturated rings. The first-order valence-electron chi connectivity index (χ1n) is 7.43. The molecule has 1 heterocycles. The number of carbonyl (C=O) groups excluding carboxylic acids is 1. The lowest BCUT2D eigenvalue weighted by molar-refractivity contribution is -0.142. The molecule has 2 aromatic rings. The Balaban J connectivity index is 2.03. The maximum atomic E-state index is 12.4. The summed E-state index contributed by atoms with van der Waals surface area (Å²) in [4.78, 5) is 12.4. The molecule has 1 aliphatic rings. The minimum atomic E-state index is -0.163. The van der Waals surface area contributed by atoms with Crippen molar-refractivity contribution in [3.63, 3.8) is 0 Å². The predicted molar refractivity (Wildman–Crippen MR) is 88.5 cm³/mol. The SMILES string of the molecule is CC[C@H]1C(=O)OC(c2ccccc2)=C[C@H]1c1ccc(Cl)cc1. The molecule has 3 rings (SSSR count). The van der Waals surface area contributed by atoms with Gasteiger partial charge in [-0.05, 0) is 30.2 Å². The van der Waals surface area contributed by atoms with E-state index in [4.69, 9.17) is 16.3 Å². The summed E-state index contributed by atoms with van der Waals surface area (Å²) in [5.41, 5.74) is 2.01. The standard InChI is InChI=1S/C19H17ClO2/c1-2-16-17(13-8-10-15(20)11-9-13)12-18(22-19(16)21)14-6-4-3-5-7-14/h3-12,16-17H,2H2,1H3/t16-,17+/m1/s1. The number of hydrogen-bond acceptors (Lipinski definition) is 2. The summed E-state index contributed by atoms with van der Waals surface area (Å²) in [7, 11) is 0. The molecular formula is C19H17ClO2. The molecular weight excluding hydrogens is 296 g/mol. The Hall–Kier alpha value is -2.06. The fourth-order valence-corrected chi connectivity index (χ4v) is 2.96. The molecule has 2 atom stereocenters. The van der Waals surface area contributed by atoms with Gasteiger partial charge in [-0.3, -0.25) is 4.79 Å². The maximum Gasteiger partial charge on any atom is 0.315 e. The summed E-state index contributed by atoms with van der Waals surface area (Å²) in [5.74, 6) is 0.325. The fraction of sp³-hybridized carbons (Fsp3) is 0.211. The molecule has 0 bridgehead atoms. The molecule has 0 saturated heterocycles. The third-order valence-electron chi connectivity index (χ3n) is 4.03. The molecule has 0 saturated carbocycles. The van der Waals surface area contributed by atoms with Gasteiger partial charge in [0.1, 0.15) is 5.76 Å². The van der Waals surface area contributed by atoms with Crippen molar-refractivity contribution in [2.24, 2.45) is 5.92 Å². The van der Waals surface area contributed by atoms with Crippen LogP contribution < -0.4 is 0 Å². The van der Waals surface area contributed by atoms with Gasteiger partial charge in [-0.1, -0.05) is 61.0 Å². The smallest absolute Gasteiger partial charge is 0.315 e. The van der Waals surface area contributed by atoms with Crippen LogP contribution in [0.5, 0.6) is 0 Å². The molecule has 0 unspecified atom stereocenters. The predicted octanol–water partition coefficient (Wildman–Crippen LogP) is 5.05. The van der Waals surface area contributed by atoms with Crippen molar-refractivity contribution in [2.45, 2.75) is 19.3 Å². The zero-order valence-corrected chi connectivity index (χ0v) is 13.1. The van der Waals surface area contributed by atoms with Crippen LogP contribution in [0.1, 0.15) is 30.4 Å². The Morgan fingerprint density at radius 3 is 2.36 bits per heavy atom. The number of hydrogen-bond donors (Lipinski definition) is 0. The highest BCUT2D eigenvalue weighted by Crippen LogP contribution is 2.38. The first kappa shape index (κ1) is 14.9. The Morgan fingerprint density at radius 1 is 1.05 bits per heavy atom. The number of cyclic esters (lactones) is 1. The van der Waals surface area contributed by atoms with E-state index in [1.165, 1.54) is 0 Å². The Morgan fingerprint density at radius 2 is 1.73 bits per heavy atom. The van der Waals surface area contributed by atoms with Gasteiger partial charge in [0.2, 0.25) is 0 Å². The van der Waals surface area contributed by atoms with Crippen LogP contribution in [-0.2, 0) is 9.53 Å². The maximum absolute atomic E-state index is 12.4. The van der Waals surface area contributed by atoms with Crippen LogP contribution in [0.4, 0.5) is 0 Å². The lowest BCUT2D eigenvalue weighted by atomic mass is 9.82. The Kier molecular flexibility index (Phi) is 4.30. The number of allylic oxidation sites excluding steroid dienone is 1. The zero-order chi connectivity index (χ0) is 15.5. The lowest BCUT2D eigenvalue weighted by Crippen LogP contribution is -2.27. The molecule has 112 valence electrons. The van der Waals surface area contributed by atoms with Gasteiger partial charge in [-0.25, -0.2) is 0 Å². The molecule has 0 spiro atoms. The third kappa shape index (κ3) is 2.93. The minimum absolute atomic E-state index is 0.0127. The van der Waals surface area contributed by atoms with Crippen LogP contribution in [0.2, 0.25) is 5.02 Å². The second kappa shape index (κ2) is 6.37. The van der Waals surface area contributed by atoms with E-state index >= 15 is 0 Å². The lowest BCUT2D eigenvalue weighted by Gasteiger charge is -2.28. The van der Waals surface area contributed by atoms with Gasteiger partial charge in [0, 0.05) is 16.5 Å². The number of benzene rings is 2. The summed E-state index contributed by atoms with van der Waals surface area (Å²) in [6.45, 7) is 2.01. The highest BCUT2D eigenvalue weighted by Gasteiger charge is 2.33. The van der Waals surface area contributed by atoms with Crippen molar-refractivity contribution >= 4 is 23.3 Å². The van der Waals surface area contributed by atoms with Crippen LogP contribution in [0, 0.1) is 5.92 Å². The van der Waals surface area contributed by atoms with E-state index in [9.17, 15) is 4.79 Å². The van der Waals surface area contributed by atoms with Gasteiger partial charge in [0.15, 0.2) is 0 Å². The fourth-order valence-electron chi connectivity index (χ4n) is 2.84. The van der Waals surface area contributed by atoms with Gasteiger partial charge in [-0.2, -0.15) is 0 Å². The van der Waals surface area contributed by atoms with Crippen LogP contribution in [0.15, 0.2) is 60.7 Å². The van der Waals surface area contributed by atoms with E-state index in [-0.39, 0.29) is 17.8 Å². The molecule has 2 nitrogen and oxygen atoms in total. The normalized spacial score (nSPS) is 21.2. The third-order valence-corrected chi connectivity index (χ3v) is 4.28. The van der Waals surface area contributed by atoms with Crippen molar-refractivity contribution in [3.05, 3.63) is 76.8 Å². The Bertz CT molecular complexity index is 689. The average Bonchev–Trinajstić information content (AvgIpc) is 2.55. The topological polar surface area (TPSA) is 26.3 Å².